The lowest BCUT2D eigenvalue weighted by Crippen LogP contribution is -2.09. The molecule has 0 saturated heterocycles. The summed E-state index contributed by atoms with van der Waals surface area (Å²) >= 11 is 3.18. The van der Waals surface area contributed by atoms with E-state index in [-0.39, 0.29) is 0 Å². The third-order valence-electron chi connectivity index (χ3n) is 1.00. The van der Waals surface area contributed by atoms with Gasteiger partial charge in [-0.2, -0.15) is 0 Å². The number of halogens is 1. The quantitative estimate of drug-likeness (QED) is 0.605. The summed E-state index contributed by atoms with van der Waals surface area (Å²) in [5, 5.41) is 8.84. The van der Waals surface area contributed by atoms with E-state index >= 15 is 0 Å². The van der Waals surface area contributed by atoms with Gasteiger partial charge in [0.25, 0.3) is 0 Å². The van der Waals surface area contributed by atoms with Crippen LogP contribution in [-0.4, -0.2) is 16.4 Å². The van der Waals surface area contributed by atoms with Crippen LogP contribution in [0.4, 0.5) is 0 Å². The van der Waals surface area contributed by atoms with Gasteiger partial charge in [0.15, 0.2) is 6.29 Å². The molecule has 1 rings (SSSR count). The van der Waals surface area contributed by atoms with Crippen LogP contribution >= 0.6 is 15.9 Å². The summed E-state index contributed by atoms with van der Waals surface area (Å²) < 4.78 is 5.67. The van der Waals surface area contributed by atoms with Gasteiger partial charge in [0.05, 0.1) is 0 Å². The molecule has 11 heavy (non-hydrogen) atoms. The highest BCUT2D eigenvalue weighted by Crippen LogP contribution is 2.15. The van der Waals surface area contributed by atoms with Crippen molar-refractivity contribution < 1.29 is 9.84 Å². The van der Waals surface area contributed by atoms with Crippen molar-refractivity contribution >= 4 is 15.9 Å². The Morgan fingerprint density at radius 1 is 1.73 bits per heavy atom. The van der Waals surface area contributed by atoms with Gasteiger partial charge in [0, 0.05) is 12.3 Å². The van der Waals surface area contributed by atoms with E-state index in [2.05, 4.69) is 20.9 Å². The van der Waals surface area contributed by atoms with Gasteiger partial charge < -0.3 is 9.84 Å². The standard InChI is InChI=1S/C7H8BrNO2/c1-5(10)11-6-2-3-9-7(8)4-6/h2-5,10H,1H3. The summed E-state index contributed by atoms with van der Waals surface area (Å²) in [5.41, 5.74) is 0. The maximum atomic E-state index is 8.84. The van der Waals surface area contributed by atoms with Crippen LogP contribution < -0.4 is 4.74 Å². The Labute approximate surface area is 73.2 Å². The molecule has 0 amide bonds. The van der Waals surface area contributed by atoms with Gasteiger partial charge in [-0.15, -0.1) is 0 Å². The van der Waals surface area contributed by atoms with Crippen LogP contribution in [0.1, 0.15) is 6.92 Å². The second-order valence-electron chi connectivity index (χ2n) is 2.03. The minimum Gasteiger partial charge on any atom is -0.465 e. The van der Waals surface area contributed by atoms with Crippen molar-refractivity contribution in [2.45, 2.75) is 13.2 Å². The zero-order valence-corrected chi connectivity index (χ0v) is 7.58. The summed E-state index contributed by atoms with van der Waals surface area (Å²) in [7, 11) is 0. The zero-order valence-electron chi connectivity index (χ0n) is 5.99. The molecule has 0 saturated carbocycles. The fraction of sp³-hybridized carbons (Fsp3) is 0.286. The lowest BCUT2D eigenvalue weighted by Gasteiger charge is -2.07. The minimum absolute atomic E-state index is 0.599. The van der Waals surface area contributed by atoms with Crippen molar-refractivity contribution in [2.75, 3.05) is 0 Å². The van der Waals surface area contributed by atoms with Gasteiger partial charge >= 0.3 is 0 Å². The van der Waals surface area contributed by atoms with Crippen LogP contribution in [0.25, 0.3) is 0 Å². The SMILES string of the molecule is CC(O)Oc1ccnc(Br)c1. The van der Waals surface area contributed by atoms with E-state index in [4.69, 9.17) is 9.84 Å². The number of hydrogen-bond acceptors (Lipinski definition) is 3. The normalized spacial score (nSPS) is 12.6. The van der Waals surface area contributed by atoms with E-state index in [1.54, 1.807) is 25.3 Å². The first-order valence-corrected chi connectivity index (χ1v) is 3.94. The molecule has 1 atom stereocenters. The van der Waals surface area contributed by atoms with E-state index in [9.17, 15) is 0 Å². The first kappa shape index (κ1) is 8.49. The third kappa shape index (κ3) is 2.86. The third-order valence-corrected chi connectivity index (χ3v) is 1.44. The summed E-state index contributed by atoms with van der Waals surface area (Å²) in [6.07, 6.45) is 0.811. The number of aliphatic hydroxyl groups is 1. The molecule has 1 N–H and O–H groups in total. The lowest BCUT2D eigenvalue weighted by molar-refractivity contribution is -0.000394. The van der Waals surface area contributed by atoms with Crippen LogP contribution in [-0.2, 0) is 0 Å². The van der Waals surface area contributed by atoms with Gasteiger partial charge in [-0.05, 0) is 28.9 Å². The van der Waals surface area contributed by atoms with Crippen molar-refractivity contribution in [3.8, 4) is 5.75 Å². The molecule has 0 aromatic carbocycles. The highest BCUT2D eigenvalue weighted by atomic mass is 79.9. The first-order valence-electron chi connectivity index (χ1n) is 3.15. The van der Waals surface area contributed by atoms with Crippen molar-refractivity contribution in [3.05, 3.63) is 22.9 Å². The molecular weight excluding hydrogens is 210 g/mol. The van der Waals surface area contributed by atoms with Gasteiger partial charge in [-0.3, -0.25) is 0 Å². The molecule has 3 nitrogen and oxygen atoms in total. The first-order chi connectivity index (χ1) is 5.18. The van der Waals surface area contributed by atoms with E-state index in [1.807, 2.05) is 0 Å². The van der Waals surface area contributed by atoms with Crippen molar-refractivity contribution in [1.82, 2.24) is 4.98 Å². The number of ether oxygens (including phenoxy) is 1. The Morgan fingerprint density at radius 3 is 3.00 bits per heavy atom. The van der Waals surface area contributed by atoms with Crippen LogP contribution in [0.3, 0.4) is 0 Å². The van der Waals surface area contributed by atoms with Gasteiger partial charge in [0.2, 0.25) is 0 Å². The predicted molar refractivity (Wildman–Crippen MR) is 44.2 cm³/mol. The highest BCUT2D eigenvalue weighted by molar-refractivity contribution is 9.10. The van der Waals surface area contributed by atoms with Crippen molar-refractivity contribution in [2.24, 2.45) is 0 Å². The van der Waals surface area contributed by atoms with Crippen molar-refractivity contribution in [3.63, 3.8) is 0 Å². The smallest absolute Gasteiger partial charge is 0.194 e. The number of aliphatic hydroxyl groups excluding tert-OH is 1. The highest BCUT2D eigenvalue weighted by Gasteiger charge is 1.98. The molecule has 0 spiro atoms. The maximum absolute atomic E-state index is 8.84. The number of rotatable bonds is 2. The van der Waals surface area contributed by atoms with Crippen LogP contribution in [0.5, 0.6) is 5.75 Å². The molecule has 60 valence electrons. The molecule has 0 aliphatic carbocycles. The Kier molecular flexibility index (Phi) is 2.84. The Morgan fingerprint density at radius 2 is 2.45 bits per heavy atom. The zero-order chi connectivity index (χ0) is 8.27. The summed E-state index contributed by atoms with van der Waals surface area (Å²) in [6, 6.07) is 3.37. The van der Waals surface area contributed by atoms with Crippen molar-refractivity contribution in [1.29, 1.82) is 0 Å². The summed E-state index contributed by atoms with van der Waals surface area (Å²) in [6.45, 7) is 1.55. The summed E-state index contributed by atoms with van der Waals surface area (Å²) in [4.78, 5) is 3.90. The van der Waals surface area contributed by atoms with E-state index in [0.717, 1.165) is 0 Å². The van der Waals surface area contributed by atoms with E-state index in [0.29, 0.717) is 10.4 Å². The van der Waals surface area contributed by atoms with Gasteiger partial charge in [0.1, 0.15) is 10.4 Å². The number of hydrogen-bond donors (Lipinski definition) is 1. The van der Waals surface area contributed by atoms with Crippen LogP contribution in [0.15, 0.2) is 22.9 Å². The molecule has 1 heterocycles. The predicted octanol–water partition coefficient (Wildman–Crippen LogP) is 1.56. The topological polar surface area (TPSA) is 42.4 Å². The molecule has 1 aromatic rings. The second-order valence-corrected chi connectivity index (χ2v) is 2.84. The molecular formula is C7H8BrNO2. The number of pyridine rings is 1. The monoisotopic (exact) mass is 217 g/mol. The van der Waals surface area contributed by atoms with Crippen LogP contribution in [0, 0.1) is 0 Å². The minimum atomic E-state index is -0.788. The Bertz CT molecular complexity index is 240. The molecule has 0 radical (unpaired) electrons. The van der Waals surface area contributed by atoms with Crippen LogP contribution in [0.2, 0.25) is 0 Å². The molecule has 0 fully saturated rings. The van der Waals surface area contributed by atoms with E-state index in [1.165, 1.54) is 0 Å². The van der Waals surface area contributed by atoms with Gasteiger partial charge in [-0.1, -0.05) is 0 Å². The molecule has 1 aromatic heterocycles. The Hall–Kier alpha value is -0.610. The number of aromatic nitrogens is 1. The largest absolute Gasteiger partial charge is 0.465 e. The molecule has 0 bridgehead atoms. The number of nitrogens with zero attached hydrogens (tertiary/aromatic N) is 1. The Balaban J connectivity index is 2.71. The average molecular weight is 218 g/mol. The van der Waals surface area contributed by atoms with Gasteiger partial charge in [-0.25, -0.2) is 4.98 Å². The molecule has 0 aliphatic rings. The second kappa shape index (κ2) is 3.69. The maximum Gasteiger partial charge on any atom is 0.194 e. The molecule has 4 heteroatoms. The molecule has 1 unspecified atom stereocenters. The van der Waals surface area contributed by atoms with E-state index < -0.39 is 6.29 Å². The average Bonchev–Trinajstić information content (AvgIpc) is 1.85. The fourth-order valence-corrected chi connectivity index (χ4v) is 0.999. The summed E-state index contributed by atoms with van der Waals surface area (Å²) in [5.74, 6) is 0.599. The molecule has 0 aliphatic heterocycles. The lowest BCUT2D eigenvalue weighted by atomic mass is 10.4. The fourth-order valence-electron chi connectivity index (χ4n) is 0.655.